The van der Waals surface area contributed by atoms with E-state index in [4.69, 9.17) is 0 Å². The number of fused-ring (bicyclic) bond motifs is 1. The summed E-state index contributed by atoms with van der Waals surface area (Å²) >= 11 is 0. The maximum Gasteiger partial charge on any atom is 0.326 e. The van der Waals surface area contributed by atoms with E-state index in [9.17, 15) is 9.59 Å². The van der Waals surface area contributed by atoms with Crippen molar-refractivity contribution in [2.45, 2.75) is 38.6 Å². The van der Waals surface area contributed by atoms with Gasteiger partial charge < -0.3 is 10.2 Å². The second-order valence-electron chi connectivity index (χ2n) is 6.76. The van der Waals surface area contributed by atoms with Gasteiger partial charge in [-0.05, 0) is 55.5 Å². The molecule has 0 spiro atoms. The van der Waals surface area contributed by atoms with Gasteiger partial charge in [-0.3, -0.25) is 10.1 Å². The van der Waals surface area contributed by atoms with Crippen LogP contribution in [0.4, 0.5) is 10.5 Å². The Labute approximate surface area is 130 Å². The standard InChI is InChI=1S/C17H21N3O2/c1-10-9-17(2,3)20(4)14-6-5-11(7-12(10)14)8-13-15(21)19-16(22)18-13/h5-8,10H,9H2,1-4H3,(H2,18,19,21,22)/b13-8+/t10-/m1/s1. The lowest BCUT2D eigenvalue weighted by Gasteiger charge is -2.45. The Bertz CT molecular complexity index is 691. The third-order valence-corrected chi connectivity index (χ3v) is 4.69. The smallest absolute Gasteiger partial charge is 0.326 e. The summed E-state index contributed by atoms with van der Waals surface area (Å²) in [6, 6.07) is 5.71. The minimum absolute atomic E-state index is 0.131. The second kappa shape index (κ2) is 4.87. The van der Waals surface area contributed by atoms with Crippen molar-refractivity contribution in [2.75, 3.05) is 11.9 Å². The van der Waals surface area contributed by atoms with Crippen molar-refractivity contribution in [3.05, 3.63) is 35.0 Å². The highest BCUT2D eigenvalue weighted by molar-refractivity contribution is 6.14. The number of carbonyl (C=O) groups excluding carboxylic acids is 2. The second-order valence-corrected chi connectivity index (χ2v) is 6.76. The highest BCUT2D eigenvalue weighted by Gasteiger charge is 2.34. The average molecular weight is 299 g/mol. The molecule has 3 rings (SSSR count). The molecule has 0 unspecified atom stereocenters. The number of nitrogens with zero attached hydrogens (tertiary/aromatic N) is 1. The van der Waals surface area contributed by atoms with Crippen LogP contribution in [-0.4, -0.2) is 24.5 Å². The number of nitrogens with one attached hydrogen (secondary N) is 2. The number of carbonyl (C=O) groups is 2. The fraction of sp³-hybridized carbons (Fsp3) is 0.412. The third kappa shape index (κ3) is 2.36. The Balaban J connectivity index is 1.98. The first kappa shape index (κ1) is 14.6. The van der Waals surface area contributed by atoms with Gasteiger partial charge in [0, 0.05) is 18.3 Å². The summed E-state index contributed by atoms with van der Waals surface area (Å²) in [4.78, 5) is 25.1. The Morgan fingerprint density at radius 3 is 2.64 bits per heavy atom. The Morgan fingerprint density at radius 2 is 2.00 bits per heavy atom. The summed E-state index contributed by atoms with van der Waals surface area (Å²) in [7, 11) is 2.12. The number of benzene rings is 1. The van der Waals surface area contributed by atoms with Crippen LogP contribution in [0.15, 0.2) is 23.9 Å². The molecular weight excluding hydrogens is 278 g/mol. The molecule has 0 bridgehead atoms. The third-order valence-electron chi connectivity index (χ3n) is 4.69. The first-order valence-corrected chi connectivity index (χ1v) is 7.50. The largest absolute Gasteiger partial charge is 0.369 e. The van der Waals surface area contributed by atoms with Crippen LogP contribution in [0.1, 0.15) is 44.2 Å². The molecule has 116 valence electrons. The molecule has 1 atom stereocenters. The highest BCUT2D eigenvalue weighted by Crippen LogP contribution is 2.42. The number of urea groups is 1. The number of anilines is 1. The molecule has 2 N–H and O–H groups in total. The van der Waals surface area contributed by atoms with E-state index in [2.05, 4.69) is 55.5 Å². The van der Waals surface area contributed by atoms with Gasteiger partial charge in [-0.15, -0.1) is 0 Å². The number of amides is 3. The minimum atomic E-state index is -0.468. The van der Waals surface area contributed by atoms with E-state index < -0.39 is 6.03 Å². The van der Waals surface area contributed by atoms with E-state index in [-0.39, 0.29) is 11.4 Å². The molecule has 5 nitrogen and oxygen atoms in total. The molecule has 1 aromatic carbocycles. The molecule has 2 aliphatic rings. The van der Waals surface area contributed by atoms with Crippen LogP contribution in [0.25, 0.3) is 6.08 Å². The van der Waals surface area contributed by atoms with Crippen LogP contribution in [0.2, 0.25) is 0 Å². The van der Waals surface area contributed by atoms with Gasteiger partial charge in [0.05, 0.1) is 0 Å². The maximum atomic E-state index is 11.6. The molecule has 0 saturated carbocycles. The van der Waals surface area contributed by atoms with Crippen molar-refractivity contribution in [2.24, 2.45) is 0 Å². The van der Waals surface area contributed by atoms with Gasteiger partial charge >= 0.3 is 6.03 Å². The van der Waals surface area contributed by atoms with Crippen molar-refractivity contribution in [3.63, 3.8) is 0 Å². The quantitative estimate of drug-likeness (QED) is 0.619. The molecule has 0 aliphatic carbocycles. The Morgan fingerprint density at radius 1 is 1.27 bits per heavy atom. The highest BCUT2D eigenvalue weighted by atomic mass is 16.2. The van der Waals surface area contributed by atoms with Gasteiger partial charge in [-0.2, -0.15) is 0 Å². The molecule has 1 aromatic rings. The summed E-state index contributed by atoms with van der Waals surface area (Å²) in [6.07, 6.45) is 2.79. The molecular formula is C17H21N3O2. The van der Waals surface area contributed by atoms with E-state index in [1.807, 2.05) is 6.07 Å². The first-order chi connectivity index (χ1) is 10.3. The van der Waals surface area contributed by atoms with E-state index in [0.29, 0.717) is 11.6 Å². The van der Waals surface area contributed by atoms with E-state index >= 15 is 0 Å². The van der Waals surface area contributed by atoms with Crippen LogP contribution in [0, 0.1) is 0 Å². The number of hydrogen-bond acceptors (Lipinski definition) is 3. The summed E-state index contributed by atoms with van der Waals surface area (Å²) in [6.45, 7) is 6.73. The monoisotopic (exact) mass is 299 g/mol. The fourth-order valence-corrected chi connectivity index (χ4v) is 3.33. The number of hydrogen-bond donors (Lipinski definition) is 2. The molecule has 22 heavy (non-hydrogen) atoms. The summed E-state index contributed by atoms with van der Waals surface area (Å²) in [5.41, 5.74) is 3.85. The lowest BCUT2D eigenvalue weighted by atomic mass is 9.80. The topological polar surface area (TPSA) is 61.4 Å². The normalized spacial score (nSPS) is 25.0. The van der Waals surface area contributed by atoms with Crippen LogP contribution >= 0.6 is 0 Å². The lowest BCUT2D eigenvalue weighted by Crippen LogP contribution is -2.45. The van der Waals surface area contributed by atoms with Crippen LogP contribution in [0.5, 0.6) is 0 Å². The summed E-state index contributed by atoms with van der Waals surface area (Å²) < 4.78 is 0. The van der Waals surface area contributed by atoms with Gasteiger partial charge in [-0.25, -0.2) is 4.79 Å². The van der Waals surface area contributed by atoms with Crippen molar-refractivity contribution >= 4 is 23.7 Å². The summed E-state index contributed by atoms with van der Waals surface area (Å²) in [5.74, 6) is 0.0700. The average Bonchev–Trinajstić information content (AvgIpc) is 2.74. The van der Waals surface area contributed by atoms with Crippen molar-refractivity contribution in [1.82, 2.24) is 10.6 Å². The maximum absolute atomic E-state index is 11.6. The predicted molar refractivity (Wildman–Crippen MR) is 86.6 cm³/mol. The van der Waals surface area contributed by atoms with Crippen LogP contribution < -0.4 is 15.5 Å². The zero-order valence-corrected chi connectivity index (χ0v) is 13.4. The molecule has 0 radical (unpaired) electrons. The first-order valence-electron chi connectivity index (χ1n) is 7.50. The van der Waals surface area contributed by atoms with Crippen molar-refractivity contribution in [3.8, 4) is 0 Å². The molecule has 3 amide bonds. The number of imide groups is 1. The van der Waals surface area contributed by atoms with Crippen LogP contribution in [-0.2, 0) is 4.79 Å². The van der Waals surface area contributed by atoms with E-state index in [1.54, 1.807) is 6.08 Å². The molecule has 2 aliphatic heterocycles. The van der Waals surface area contributed by atoms with E-state index in [1.165, 1.54) is 11.3 Å². The van der Waals surface area contributed by atoms with Crippen molar-refractivity contribution < 1.29 is 9.59 Å². The van der Waals surface area contributed by atoms with Gasteiger partial charge in [-0.1, -0.05) is 13.0 Å². The zero-order chi connectivity index (χ0) is 16.1. The number of rotatable bonds is 1. The molecule has 0 aromatic heterocycles. The molecule has 1 saturated heterocycles. The predicted octanol–water partition coefficient (Wildman–Crippen LogP) is 2.59. The van der Waals surface area contributed by atoms with Crippen LogP contribution in [0.3, 0.4) is 0 Å². The summed E-state index contributed by atoms with van der Waals surface area (Å²) in [5, 5.41) is 4.73. The molecule has 5 heteroatoms. The SMILES string of the molecule is C[C@@H]1CC(C)(C)N(C)c2ccc(/C=C3/NC(=O)NC3=O)cc21. The molecule has 2 heterocycles. The Kier molecular flexibility index (Phi) is 3.24. The van der Waals surface area contributed by atoms with Gasteiger partial charge in [0.25, 0.3) is 5.91 Å². The van der Waals surface area contributed by atoms with Gasteiger partial charge in [0.2, 0.25) is 0 Å². The van der Waals surface area contributed by atoms with E-state index in [0.717, 1.165) is 12.0 Å². The minimum Gasteiger partial charge on any atom is -0.369 e. The van der Waals surface area contributed by atoms with Gasteiger partial charge in [0.15, 0.2) is 0 Å². The fourth-order valence-electron chi connectivity index (χ4n) is 3.33. The van der Waals surface area contributed by atoms with Gasteiger partial charge in [0.1, 0.15) is 5.70 Å². The Hall–Kier alpha value is -2.30. The zero-order valence-electron chi connectivity index (χ0n) is 13.4. The van der Waals surface area contributed by atoms with Crippen molar-refractivity contribution in [1.29, 1.82) is 0 Å². The lowest BCUT2D eigenvalue weighted by molar-refractivity contribution is -0.115. The molecule has 1 fully saturated rings.